The molecule has 0 aliphatic carbocycles. The smallest absolute Gasteiger partial charge is 0.246 e. The molecule has 6 heteroatoms. The molecule has 0 spiro atoms. The largest absolute Gasteiger partial charge is 0.461 e. The highest BCUT2D eigenvalue weighted by atomic mass is 28.4. The van der Waals surface area contributed by atoms with Crippen molar-refractivity contribution < 1.29 is 8.91 Å². The third kappa shape index (κ3) is 7.05. The minimum absolute atomic E-state index is 0.0654. The van der Waals surface area contributed by atoms with Crippen molar-refractivity contribution in [1.82, 2.24) is 9.80 Å². The highest BCUT2D eigenvalue weighted by Crippen LogP contribution is 2.06. The van der Waals surface area contributed by atoms with Crippen molar-refractivity contribution in [2.75, 3.05) is 32.7 Å². The molecule has 0 N–H and O–H groups in total. The fraction of sp³-hybridized carbons (Fsp3) is 0.769. The van der Waals surface area contributed by atoms with Crippen LogP contribution in [0.4, 0.5) is 0 Å². The van der Waals surface area contributed by atoms with E-state index >= 15 is 0 Å². The number of amides is 1. The third-order valence-corrected chi connectivity index (χ3v) is 8.33. The molecular weight excluding hydrogens is 272 g/mol. The summed E-state index contributed by atoms with van der Waals surface area (Å²) in [5.74, 6) is 0.0654. The van der Waals surface area contributed by atoms with Crippen LogP contribution in [0.5, 0.6) is 0 Å². The van der Waals surface area contributed by atoms with Crippen LogP contribution >= 0.6 is 0 Å². The minimum Gasteiger partial charge on any atom is -0.461 e. The van der Waals surface area contributed by atoms with Gasteiger partial charge in [-0.15, -0.1) is 0 Å². The number of nitrogens with zero attached hydrogens (tertiary/aromatic N) is 2. The number of carbonyl (C=O) groups is 1. The van der Waals surface area contributed by atoms with Gasteiger partial charge in [-0.2, -0.15) is 0 Å². The summed E-state index contributed by atoms with van der Waals surface area (Å²) in [5.41, 5.74) is 0. The van der Waals surface area contributed by atoms with E-state index in [4.69, 9.17) is 4.12 Å². The van der Waals surface area contributed by atoms with E-state index in [-0.39, 0.29) is 15.7 Å². The summed E-state index contributed by atoms with van der Waals surface area (Å²) in [5, 5.41) is 0. The van der Waals surface area contributed by atoms with Crippen LogP contribution in [0.3, 0.4) is 0 Å². The van der Waals surface area contributed by atoms with Gasteiger partial charge in [0.25, 0.3) is 0 Å². The number of carbonyl (C=O) groups excluding carboxylic acids is 1. The lowest BCUT2D eigenvalue weighted by Crippen LogP contribution is -2.48. The summed E-state index contributed by atoms with van der Waals surface area (Å²) in [6.45, 7) is 15.1. The van der Waals surface area contributed by atoms with E-state index in [1.54, 1.807) is 0 Å². The molecule has 4 nitrogen and oxygen atoms in total. The second-order valence-corrected chi connectivity index (χ2v) is 12.5. The molecule has 1 heterocycles. The normalized spacial score (nSPS) is 18.2. The molecule has 0 radical (unpaired) electrons. The summed E-state index contributed by atoms with van der Waals surface area (Å²) >= 11 is 0. The molecule has 0 atom stereocenters. The van der Waals surface area contributed by atoms with Crippen molar-refractivity contribution in [2.45, 2.75) is 32.1 Å². The first-order valence-corrected chi connectivity index (χ1v) is 12.2. The lowest BCUT2D eigenvalue weighted by molar-refractivity contribution is -0.127. The first-order chi connectivity index (χ1) is 8.92. The van der Waals surface area contributed by atoms with E-state index < -0.39 is 8.32 Å². The Morgan fingerprint density at radius 3 is 2.47 bits per heavy atom. The Balaban J connectivity index is 2.07. The van der Waals surface area contributed by atoms with Gasteiger partial charge in [-0.25, -0.2) is 0 Å². The standard InChI is InChI=1S/C13H28N2O2Si2/c1-5-13(16)15-10-8-14(9-11-15)7-6-12-18-17-19(2,3)4/h5H,1,6-12,18H2,2-4H3. The molecule has 0 aromatic heterocycles. The number of piperazine rings is 1. The molecule has 110 valence electrons. The van der Waals surface area contributed by atoms with Gasteiger partial charge in [0.2, 0.25) is 5.91 Å². The zero-order valence-electron chi connectivity index (χ0n) is 12.7. The van der Waals surface area contributed by atoms with E-state index in [0.717, 1.165) is 32.7 Å². The number of hydrogen-bond donors (Lipinski definition) is 0. The fourth-order valence-electron chi connectivity index (χ4n) is 2.14. The van der Waals surface area contributed by atoms with Crippen molar-refractivity contribution in [3.8, 4) is 0 Å². The van der Waals surface area contributed by atoms with Gasteiger partial charge in [-0.3, -0.25) is 9.69 Å². The van der Waals surface area contributed by atoms with E-state index in [1.807, 2.05) is 4.90 Å². The van der Waals surface area contributed by atoms with Gasteiger partial charge in [0, 0.05) is 26.2 Å². The van der Waals surface area contributed by atoms with E-state index in [9.17, 15) is 4.79 Å². The maximum Gasteiger partial charge on any atom is 0.246 e. The molecule has 19 heavy (non-hydrogen) atoms. The van der Waals surface area contributed by atoms with Crippen LogP contribution < -0.4 is 0 Å². The minimum atomic E-state index is -1.28. The molecule has 0 unspecified atom stereocenters. The molecule has 0 aromatic rings. The lowest BCUT2D eigenvalue weighted by atomic mass is 10.3. The first-order valence-electron chi connectivity index (χ1n) is 7.20. The van der Waals surface area contributed by atoms with Crippen molar-refractivity contribution in [3.63, 3.8) is 0 Å². The molecule has 1 fully saturated rings. The molecule has 1 aliphatic heterocycles. The van der Waals surface area contributed by atoms with Crippen LogP contribution in [0.1, 0.15) is 6.42 Å². The Labute approximate surface area is 120 Å². The number of rotatable bonds is 7. The molecule has 1 saturated heterocycles. The summed E-state index contributed by atoms with van der Waals surface area (Å²) in [4.78, 5) is 15.8. The van der Waals surface area contributed by atoms with Gasteiger partial charge in [0.1, 0.15) is 9.76 Å². The van der Waals surface area contributed by atoms with Crippen LogP contribution in [-0.2, 0) is 8.91 Å². The maximum absolute atomic E-state index is 11.4. The van der Waals surface area contributed by atoms with Crippen molar-refractivity contribution in [1.29, 1.82) is 0 Å². The quantitative estimate of drug-likeness (QED) is 0.400. The van der Waals surface area contributed by atoms with Crippen molar-refractivity contribution in [3.05, 3.63) is 12.7 Å². The Kier molecular flexibility index (Phi) is 6.98. The van der Waals surface area contributed by atoms with Gasteiger partial charge < -0.3 is 9.02 Å². The molecule has 0 saturated carbocycles. The zero-order chi connectivity index (χ0) is 14.3. The Bertz CT molecular complexity index is 298. The Hall–Kier alpha value is -0.436. The van der Waals surface area contributed by atoms with Crippen LogP contribution in [0, 0.1) is 0 Å². The molecule has 1 aliphatic rings. The third-order valence-electron chi connectivity index (χ3n) is 3.26. The molecule has 0 bridgehead atoms. The summed E-state index contributed by atoms with van der Waals surface area (Å²) in [6, 6.07) is 1.27. The van der Waals surface area contributed by atoms with E-state index in [1.165, 1.54) is 18.5 Å². The van der Waals surface area contributed by atoms with Gasteiger partial charge >= 0.3 is 0 Å². The Morgan fingerprint density at radius 2 is 1.95 bits per heavy atom. The first kappa shape index (κ1) is 16.6. The topological polar surface area (TPSA) is 32.8 Å². The monoisotopic (exact) mass is 300 g/mol. The van der Waals surface area contributed by atoms with Crippen molar-refractivity contribution in [2.24, 2.45) is 0 Å². The van der Waals surface area contributed by atoms with Crippen molar-refractivity contribution >= 4 is 24.0 Å². The highest BCUT2D eigenvalue weighted by Gasteiger charge is 2.19. The molecular formula is C13H28N2O2Si2. The van der Waals surface area contributed by atoms with Gasteiger partial charge in [0.15, 0.2) is 8.32 Å². The second kappa shape index (κ2) is 7.99. The van der Waals surface area contributed by atoms with Crippen LogP contribution in [0.2, 0.25) is 25.7 Å². The summed E-state index contributed by atoms with van der Waals surface area (Å²) in [6.07, 6.45) is 2.65. The highest BCUT2D eigenvalue weighted by molar-refractivity contribution is 6.73. The van der Waals surface area contributed by atoms with Gasteiger partial charge in [-0.05, 0) is 44.7 Å². The summed E-state index contributed by atoms with van der Waals surface area (Å²) < 4.78 is 5.98. The average Bonchev–Trinajstić information content (AvgIpc) is 2.37. The van der Waals surface area contributed by atoms with E-state index in [0.29, 0.717) is 0 Å². The molecule has 1 amide bonds. The van der Waals surface area contributed by atoms with Crippen LogP contribution in [-0.4, -0.2) is 66.5 Å². The molecule has 0 aromatic carbocycles. The predicted molar refractivity (Wildman–Crippen MR) is 85.6 cm³/mol. The second-order valence-electron chi connectivity index (χ2n) is 6.04. The maximum atomic E-state index is 11.4. The van der Waals surface area contributed by atoms with Crippen LogP contribution in [0.15, 0.2) is 12.7 Å². The SMILES string of the molecule is C=CC(=O)N1CCN(CCC[SiH2]O[Si](C)(C)C)CC1. The Morgan fingerprint density at radius 1 is 1.32 bits per heavy atom. The van der Waals surface area contributed by atoms with Gasteiger partial charge in [0.05, 0.1) is 0 Å². The molecule has 1 rings (SSSR count). The fourth-order valence-corrected chi connectivity index (χ4v) is 5.59. The zero-order valence-corrected chi connectivity index (χ0v) is 15.1. The summed E-state index contributed by atoms with van der Waals surface area (Å²) in [7, 11) is -1.59. The van der Waals surface area contributed by atoms with Crippen LogP contribution in [0.25, 0.3) is 0 Å². The average molecular weight is 301 g/mol. The number of hydrogen-bond acceptors (Lipinski definition) is 3. The lowest BCUT2D eigenvalue weighted by Gasteiger charge is -2.34. The van der Waals surface area contributed by atoms with Gasteiger partial charge in [-0.1, -0.05) is 6.58 Å². The van der Waals surface area contributed by atoms with E-state index in [2.05, 4.69) is 31.1 Å². The predicted octanol–water partition coefficient (Wildman–Crippen LogP) is 1.06.